The third kappa shape index (κ3) is 5.02. The summed E-state index contributed by atoms with van der Waals surface area (Å²) >= 11 is 0. The minimum Gasteiger partial charge on any atom is -0.356 e. The van der Waals surface area contributed by atoms with Gasteiger partial charge in [-0.1, -0.05) is 25.1 Å². The van der Waals surface area contributed by atoms with Crippen LogP contribution in [-0.4, -0.2) is 26.0 Å². The number of amides is 1. The van der Waals surface area contributed by atoms with Crippen molar-refractivity contribution in [3.8, 4) is 0 Å². The lowest BCUT2D eigenvalue weighted by atomic mass is 10.0. The highest BCUT2D eigenvalue weighted by Crippen LogP contribution is 2.25. The Balaban J connectivity index is 1.69. The zero-order chi connectivity index (χ0) is 21.2. The predicted molar refractivity (Wildman–Crippen MR) is 112 cm³/mol. The Labute approximate surface area is 170 Å². The predicted octanol–water partition coefficient (Wildman–Crippen LogP) is 3.56. The van der Waals surface area contributed by atoms with E-state index in [0.717, 1.165) is 16.5 Å². The van der Waals surface area contributed by atoms with Crippen molar-refractivity contribution >= 4 is 32.6 Å². The van der Waals surface area contributed by atoms with Gasteiger partial charge >= 0.3 is 0 Å². The SMILES string of the molecule is Cc1cc(C)c2c(CC(=O)Nc3ccc(S(=O)(=O)NCC(C)C)cc3)noc2c1. The van der Waals surface area contributed by atoms with Gasteiger partial charge in [0.2, 0.25) is 15.9 Å². The molecule has 0 fully saturated rings. The van der Waals surface area contributed by atoms with E-state index in [1.54, 1.807) is 12.1 Å². The van der Waals surface area contributed by atoms with Gasteiger partial charge in [-0.05, 0) is 61.2 Å². The molecule has 0 aliphatic heterocycles. The van der Waals surface area contributed by atoms with Crippen LogP contribution < -0.4 is 10.0 Å². The number of benzene rings is 2. The summed E-state index contributed by atoms with van der Waals surface area (Å²) in [5, 5.41) is 7.66. The number of nitrogens with one attached hydrogen (secondary N) is 2. The molecule has 0 saturated carbocycles. The highest BCUT2D eigenvalue weighted by atomic mass is 32.2. The van der Waals surface area contributed by atoms with Crippen LogP contribution in [0.3, 0.4) is 0 Å². The lowest BCUT2D eigenvalue weighted by molar-refractivity contribution is -0.115. The summed E-state index contributed by atoms with van der Waals surface area (Å²) in [5.74, 6) is -0.0442. The van der Waals surface area contributed by atoms with Gasteiger partial charge in [0.1, 0.15) is 5.69 Å². The summed E-state index contributed by atoms with van der Waals surface area (Å²) in [6.07, 6.45) is 0.0624. The number of aryl methyl sites for hydroxylation is 2. The highest BCUT2D eigenvalue weighted by Gasteiger charge is 2.16. The lowest BCUT2D eigenvalue weighted by Gasteiger charge is -2.10. The highest BCUT2D eigenvalue weighted by molar-refractivity contribution is 7.89. The van der Waals surface area contributed by atoms with Crippen LogP contribution in [0.2, 0.25) is 0 Å². The van der Waals surface area contributed by atoms with Crippen molar-refractivity contribution in [2.75, 3.05) is 11.9 Å². The molecule has 0 bridgehead atoms. The number of hydrogen-bond acceptors (Lipinski definition) is 5. The molecule has 0 atom stereocenters. The van der Waals surface area contributed by atoms with Gasteiger partial charge in [-0.3, -0.25) is 4.79 Å². The zero-order valence-corrected chi connectivity index (χ0v) is 17.8. The first-order valence-electron chi connectivity index (χ1n) is 9.41. The third-order valence-electron chi connectivity index (χ3n) is 4.44. The van der Waals surface area contributed by atoms with E-state index in [0.29, 0.717) is 23.5 Å². The Hall–Kier alpha value is -2.71. The number of fused-ring (bicyclic) bond motifs is 1. The number of aromatic nitrogens is 1. The molecule has 2 N–H and O–H groups in total. The zero-order valence-electron chi connectivity index (χ0n) is 16.9. The van der Waals surface area contributed by atoms with Crippen molar-refractivity contribution in [2.45, 2.75) is 39.0 Å². The smallest absolute Gasteiger partial charge is 0.240 e. The number of carbonyl (C=O) groups is 1. The van der Waals surface area contributed by atoms with Crippen molar-refractivity contribution in [3.63, 3.8) is 0 Å². The summed E-state index contributed by atoms with van der Waals surface area (Å²) in [6, 6.07) is 9.98. The van der Waals surface area contributed by atoms with Crippen LogP contribution in [-0.2, 0) is 21.2 Å². The van der Waals surface area contributed by atoms with Crippen LogP contribution >= 0.6 is 0 Å². The van der Waals surface area contributed by atoms with E-state index >= 15 is 0 Å². The van der Waals surface area contributed by atoms with E-state index in [9.17, 15) is 13.2 Å². The minimum atomic E-state index is -3.56. The van der Waals surface area contributed by atoms with Gasteiger partial charge < -0.3 is 9.84 Å². The topological polar surface area (TPSA) is 101 Å². The molecule has 154 valence electrons. The van der Waals surface area contributed by atoms with Crippen molar-refractivity contribution in [1.29, 1.82) is 0 Å². The van der Waals surface area contributed by atoms with E-state index in [2.05, 4.69) is 15.2 Å². The second-order valence-corrected chi connectivity index (χ2v) is 9.35. The largest absolute Gasteiger partial charge is 0.356 e. The Morgan fingerprint density at radius 1 is 1.14 bits per heavy atom. The molecule has 0 radical (unpaired) electrons. The second-order valence-electron chi connectivity index (χ2n) is 7.58. The molecule has 0 saturated heterocycles. The molecule has 0 spiro atoms. The normalized spacial score (nSPS) is 11.9. The molecule has 0 aliphatic carbocycles. The van der Waals surface area contributed by atoms with E-state index in [-0.39, 0.29) is 23.1 Å². The number of sulfonamides is 1. The molecule has 2 aromatic carbocycles. The molecule has 0 aliphatic rings. The summed E-state index contributed by atoms with van der Waals surface area (Å²) in [5.41, 5.74) is 3.83. The second kappa shape index (κ2) is 8.34. The number of hydrogen-bond donors (Lipinski definition) is 2. The Morgan fingerprint density at radius 2 is 1.83 bits per heavy atom. The van der Waals surface area contributed by atoms with Crippen molar-refractivity contribution in [1.82, 2.24) is 9.88 Å². The van der Waals surface area contributed by atoms with Crippen LogP contribution in [0.5, 0.6) is 0 Å². The van der Waals surface area contributed by atoms with E-state index in [1.165, 1.54) is 12.1 Å². The van der Waals surface area contributed by atoms with E-state index < -0.39 is 10.0 Å². The van der Waals surface area contributed by atoms with Crippen molar-refractivity contribution in [2.24, 2.45) is 5.92 Å². The maximum absolute atomic E-state index is 12.4. The summed E-state index contributed by atoms with van der Waals surface area (Å²) in [6.45, 7) is 8.17. The lowest BCUT2D eigenvalue weighted by Crippen LogP contribution is -2.27. The molecule has 0 unspecified atom stereocenters. The first-order valence-corrected chi connectivity index (χ1v) is 10.9. The van der Waals surface area contributed by atoms with Gasteiger partial charge in [-0.2, -0.15) is 0 Å². The van der Waals surface area contributed by atoms with E-state index in [4.69, 9.17) is 4.52 Å². The molecule has 8 heteroatoms. The Morgan fingerprint density at radius 3 is 2.48 bits per heavy atom. The first-order chi connectivity index (χ1) is 13.7. The fourth-order valence-electron chi connectivity index (χ4n) is 3.08. The standard InChI is InChI=1S/C21H25N3O4S/c1-13(2)12-22-29(26,27)17-7-5-16(6-8-17)23-20(25)11-18-21-15(4)9-14(3)10-19(21)28-24-18/h5-10,13,22H,11-12H2,1-4H3,(H,23,25). The Kier molecular flexibility index (Phi) is 6.04. The molecule has 7 nitrogen and oxygen atoms in total. The molecule has 1 heterocycles. The molecule has 1 amide bonds. The van der Waals surface area contributed by atoms with Crippen molar-refractivity contribution < 1.29 is 17.7 Å². The summed E-state index contributed by atoms with van der Waals surface area (Å²) < 4.78 is 32.4. The fraction of sp³-hybridized carbons (Fsp3) is 0.333. The number of rotatable bonds is 7. The monoisotopic (exact) mass is 415 g/mol. The van der Waals surface area contributed by atoms with E-state index in [1.807, 2.05) is 39.8 Å². The summed E-state index contributed by atoms with van der Waals surface area (Å²) in [4.78, 5) is 12.6. The quantitative estimate of drug-likeness (QED) is 0.614. The molecule has 3 rings (SSSR count). The van der Waals surface area contributed by atoms with Crippen LogP contribution in [0.1, 0.15) is 30.7 Å². The average Bonchev–Trinajstić information content (AvgIpc) is 3.03. The van der Waals surface area contributed by atoms with Crippen LogP contribution in [0.15, 0.2) is 45.8 Å². The summed E-state index contributed by atoms with van der Waals surface area (Å²) in [7, 11) is -3.56. The molecule has 3 aromatic rings. The van der Waals surface area contributed by atoms with Gasteiger partial charge in [-0.15, -0.1) is 0 Å². The van der Waals surface area contributed by atoms with Crippen LogP contribution in [0, 0.1) is 19.8 Å². The van der Waals surface area contributed by atoms with Crippen molar-refractivity contribution in [3.05, 3.63) is 53.2 Å². The molecule has 29 heavy (non-hydrogen) atoms. The molecular formula is C21H25N3O4S. The Bertz CT molecular complexity index is 1130. The number of carbonyl (C=O) groups excluding carboxylic acids is 1. The van der Waals surface area contributed by atoms with Gasteiger partial charge in [0.25, 0.3) is 0 Å². The fourth-order valence-corrected chi connectivity index (χ4v) is 4.29. The number of nitrogens with zero attached hydrogens (tertiary/aromatic N) is 1. The van der Waals surface area contributed by atoms with Gasteiger partial charge in [0.15, 0.2) is 5.58 Å². The maximum Gasteiger partial charge on any atom is 0.240 e. The molecular weight excluding hydrogens is 390 g/mol. The van der Waals surface area contributed by atoms with Gasteiger partial charge in [0.05, 0.1) is 11.3 Å². The number of anilines is 1. The average molecular weight is 416 g/mol. The van der Waals surface area contributed by atoms with Gasteiger partial charge in [-0.25, -0.2) is 13.1 Å². The minimum absolute atomic E-state index is 0.0624. The van der Waals surface area contributed by atoms with Crippen LogP contribution in [0.25, 0.3) is 11.0 Å². The molecule has 1 aromatic heterocycles. The van der Waals surface area contributed by atoms with Crippen LogP contribution in [0.4, 0.5) is 5.69 Å². The third-order valence-corrected chi connectivity index (χ3v) is 5.88. The van der Waals surface area contributed by atoms with Gasteiger partial charge in [0, 0.05) is 17.6 Å². The maximum atomic E-state index is 12.4. The first kappa shape index (κ1) is 21.0.